The van der Waals surface area contributed by atoms with Crippen molar-refractivity contribution in [2.45, 2.75) is 32.4 Å². The number of carbonyl (C=O) groups is 1. The number of carbonyl (C=O) groups excluding carboxylic acids is 1. The van der Waals surface area contributed by atoms with E-state index in [1.54, 1.807) is 19.2 Å². The lowest BCUT2D eigenvalue weighted by Gasteiger charge is -2.23. The highest BCUT2D eigenvalue weighted by Crippen LogP contribution is 2.37. The first-order valence-corrected chi connectivity index (χ1v) is 10.5. The third-order valence-corrected chi connectivity index (χ3v) is 5.71. The second-order valence-corrected chi connectivity index (χ2v) is 7.75. The number of hydrogen-bond acceptors (Lipinski definition) is 4. The molecule has 0 spiro atoms. The molecular weight excluding hydrogens is 420 g/mol. The van der Waals surface area contributed by atoms with Gasteiger partial charge in [0, 0.05) is 18.2 Å². The third kappa shape index (κ3) is 5.06. The standard InChI is InChI=1S/C22H27BrN2O3/c1-3-25-11-7-10-18(25)14-24-22(26)17-12-19(23)21(20(13-17)27-2)28-15-16-8-5-4-6-9-16/h4-6,8-9,12-13,18H,3,7,10-11,14-15H2,1-2H3,(H,24,26)/t18-/m0/s1. The molecule has 1 N–H and O–H groups in total. The SMILES string of the molecule is CCN1CCC[C@H]1CNC(=O)c1cc(Br)c(OCc2ccccc2)c(OC)c1. The van der Waals surface area contributed by atoms with Crippen LogP contribution in [0.4, 0.5) is 0 Å². The van der Waals surface area contributed by atoms with Crippen molar-refractivity contribution in [1.29, 1.82) is 0 Å². The van der Waals surface area contributed by atoms with Gasteiger partial charge in [-0.05, 0) is 59.6 Å². The first-order valence-electron chi connectivity index (χ1n) is 9.69. The maximum Gasteiger partial charge on any atom is 0.251 e. The zero-order valence-corrected chi connectivity index (χ0v) is 18.0. The second kappa shape index (κ2) is 9.94. The summed E-state index contributed by atoms with van der Waals surface area (Å²) in [5.74, 6) is 1.03. The van der Waals surface area contributed by atoms with Crippen LogP contribution in [0, 0.1) is 0 Å². The molecule has 1 aliphatic rings. The summed E-state index contributed by atoms with van der Waals surface area (Å²) >= 11 is 3.53. The van der Waals surface area contributed by atoms with Crippen LogP contribution in [0.5, 0.6) is 11.5 Å². The van der Waals surface area contributed by atoms with Crippen molar-refractivity contribution in [3.8, 4) is 11.5 Å². The molecule has 0 radical (unpaired) electrons. The molecular formula is C22H27BrN2O3. The summed E-state index contributed by atoms with van der Waals surface area (Å²) in [5.41, 5.74) is 1.62. The highest BCUT2D eigenvalue weighted by Gasteiger charge is 2.24. The van der Waals surface area contributed by atoms with E-state index in [9.17, 15) is 4.79 Å². The van der Waals surface area contributed by atoms with Gasteiger partial charge in [0.05, 0.1) is 11.6 Å². The Bertz CT molecular complexity index is 798. The Kier molecular flexibility index (Phi) is 7.34. The molecule has 5 nitrogen and oxygen atoms in total. The Morgan fingerprint density at radius 1 is 1.29 bits per heavy atom. The fourth-order valence-corrected chi connectivity index (χ4v) is 4.13. The van der Waals surface area contributed by atoms with Gasteiger partial charge < -0.3 is 14.8 Å². The molecule has 1 aliphatic heterocycles. The van der Waals surface area contributed by atoms with E-state index in [0.29, 0.717) is 40.7 Å². The van der Waals surface area contributed by atoms with Crippen molar-refractivity contribution in [2.75, 3.05) is 26.7 Å². The van der Waals surface area contributed by atoms with E-state index < -0.39 is 0 Å². The number of methoxy groups -OCH3 is 1. The number of likely N-dealkylation sites (N-methyl/N-ethyl adjacent to an activating group) is 1. The lowest BCUT2D eigenvalue weighted by atomic mass is 10.1. The Morgan fingerprint density at radius 3 is 2.79 bits per heavy atom. The number of halogens is 1. The summed E-state index contributed by atoms with van der Waals surface area (Å²) in [4.78, 5) is 15.1. The van der Waals surface area contributed by atoms with Crippen molar-refractivity contribution in [3.63, 3.8) is 0 Å². The first kappa shape index (κ1) is 20.7. The monoisotopic (exact) mass is 446 g/mol. The Labute approximate surface area is 175 Å². The highest BCUT2D eigenvalue weighted by atomic mass is 79.9. The Hall–Kier alpha value is -2.05. The average molecular weight is 447 g/mol. The minimum absolute atomic E-state index is 0.100. The third-order valence-electron chi connectivity index (χ3n) is 5.12. The summed E-state index contributed by atoms with van der Waals surface area (Å²) in [6.07, 6.45) is 2.33. The van der Waals surface area contributed by atoms with Crippen LogP contribution in [0.15, 0.2) is 46.9 Å². The smallest absolute Gasteiger partial charge is 0.251 e. The molecule has 150 valence electrons. The van der Waals surface area contributed by atoms with Crippen LogP contribution in [-0.2, 0) is 6.61 Å². The molecule has 2 aromatic carbocycles. The van der Waals surface area contributed by atoms with Gasteiger partial charge in [0.15, 0.2) is 11.5 Å². The maximum absolute atomic E-state index is 12.7. The minimum atomic E-state index is -0.100. The average Bonchev–Trinajstić information content (AvgIpc) is 3.18. The van der Waals surface area contributed by atoms with Crippen LogP contribution < -0.4 is 14.8 Å². The number of hydrogen-bond donors (Lipinski definition) is 1. The van der Waals surface area contributed by atoms with E-state index in [1.807, 2.05) is 30.3 Å². The van der Waals surface area contributed by atoms with Crippen molar-refractivity contribution >= 4 is 21.8 Å². The summed E-state index contributed by atoms with van der Waals surface area (Å²) in [5, 5.41) is 3.06. The van der Waals surface area contributed by atoms with Gasteiger partial charge in [-0.1, -0.05) is 37.3 Å². The van der Waals surface area contributed by atoms with Gasteiger partial charge in [0.1, 0.15) is 6.61 Å². The first-order chi connectivity index (χ1) is 13.6. The molecule has 1 saturated heterocycles. The van der Waals surface area contributed by atoms with E-state index in [1.165, 1.54) is 6.42 Å². The van der Waals surface area contributed by atoms with Gasteiger partial charge in [-0.2, -0.15) is 0 Å². The number of ether oxygens (including phenoxy) is 2. The zero-order valence-electron chi connectivity index (χ0n) is 16.4. The normalized spacial score (nSPS) is 16.8. The highest BCUT2D eigenvalue weighted by molar-refractivity contribution is 9.10. The zero-order chi connectivity index (χ0) is 19.9. The largest absolute Gasteiger partial charge is 0.493 e. The van der Waals surface area contributed by atoms with Crippen LogP contribution in [-0.4, -0.2) is 43.6 Å². The number of amides is 1. The van der Waals surface area contributed by atoms with E-state index in [2.05, 4.69) is 33.1 Å². The topological polar surface area (TPSA) is 50.8 Å². The number of benzene rings is 2. The van der Waals surface area contributed by atoms with Gasteiger partial charge in [-0.15, -0.1) is 0 Å². The summed E-state index contributed by atoms with van der Waals surface area (Å²) in [7, 11) is 1.58. The summed E-state index contributed by atoms with van der Waals surface area (Å²) < 4.78 is 12.1. The summed E-state index contributed by atoms with van der Waals surface area (Å²) in [6, 6.07) is 13.9. The molecule has 1 heterocycles. The van der Waals surface area contributed by atoms with E-state index in [4.69, 9.17) is 9.47 Å². The fourth-order valence-electron chi connectivity index (χ4n) is 3.58. The van der Waals surface area contributed by atoms with Gasteiger partial charge in [-0.25, -0.2) is 0 Å². The molecule has 0 aliphatic carbocycles. The maximum atomic E-state index is 12.7. The predicted octanol–water partition coefficient (Wildman–Crippen LogP) is 4.25. The fraction of sp³-hybridized carbons (Fsp3) is 0.409. The van der Waals surface area contributed by atoms with Crippen LogP contribution in [0.1, 0.15) is 35.7 Å². The van der Waals surface area contributed by atoms with E-state index in [-0.39, 0.29) is 5.91 Å². The van der Waals surface area contributed by atoms with Crippen molar-refractivity contribution < 1.29 is 14.3 Å². The number of likely N-dealkylation sites (tertiary alicyclic amines) is 1. The quantitative estimate of drug-likeness (QED) is 0.658. The van der Waals surface area contributed by atoms with Crippen LogP contribution in [0.2, 0.25) is 0 Å². The Balaban J connectivity index is 1.67. The van der Waals surface area contributed by atoms with Gasteiger partial charge >= 0.3 is 0 Å². The van der Waals surface area contributed by atoms with Crippen LogP contribution in [0.25, 0.3) is 0 Å². The van der Waals surface area contributed by atoms with Crippen molar-refractivity contribution in [1.82, 2.24) is 10.2 Å². The molecule has 0 saturated carbocycles. The lowest BCUT2D eigenvalue weighted by molar-refractivity contribution is 0.0941. The number of nitrogens with one attached hydrogen (secondary N) is 1. The predicted molar refractivity (Wildman–Crippen MR) is 114 cm³/mol. The number of nitrogens with zero attached hydrogens (tertiary/aromatic N) is 1. The van der Waals surface area contributed by atoms with Crippen LogP contribution >= 0.6 is 15.9 Å². The minimum Gasteiger partial charge on any atom is -0.493 e. The van der Waals surface area contributed by atoms with Crippen LogP contribution in [0.3, 0.4) is 0 Å². The number of rotatable bonds is 8. The van der Waals surface area contributed by atoms with Crippen molar-refractivity contribution in [2.24, 2.45) is 0 Å². The molecule has 1 atom stereocenters. The molecule has 2 aromatic rings. The second-order valence-electron chi connectivity index (χ2n) is 6.90. The molecule has 0 bridgehead atoms. The Morgan fingerprint density at radius 2 is 2.07 bits per heavy atom. The van der Waals surface area contributed by atoms with Crippen molar-refractivity contribution in [3.05, 3.63) is 58.1 Å². The molecule has 1 fully saturated rings. The van der Waals surface area contributed by atoms with Gasteiger partial charge in [-0.3, -0.25) is 9.69 Å². The van der Waals surface area contributed by atoms with E-state index >= 15 is 0 Å². The van der Waals surface area contributed by atoms with E-state index in [0.717, 1.165) is 25.1 Å². The lowest BCUT2D eigenvalue weighted by Crippen LogP contribution is -2.40. The summed E-state index contributed by atoms with van der Waals surface area (Å²) in [6.45, 7) is 5.39. The van der Waals surface area contributed by atoms with Gasteiger partial charge in [0.25, 0.3) is 5.91 Å². The molecule has 3 rings (SSSR count). The molecule has 0 unspecified atom stereocenters. The molecule has 1 amide bonds. The molecule has 0 aromatic heterocycles. The molecule has 28 heavy (non-hydrogen) atoms. The van der Waals surface area contributed by atoms with Gasteiger partial charge in [0.2, 0.25) is 0 Å². The molecule has 6 heteroatoms.